The molecule has 0 saturated carbocycles. The van der Waals surface area contributed by atoms with Crippen molar-refractivity contribution in [3.05, 3.63) is 5.89 Å². The summed E-state index contributed by atoms with van der Waals surface area (Å²) in [5.41, 5.74) is 0. The topological polar surface area (TPSA) is 54.2 Å². The lowest BCUT2D eigenvalue weighted by molar-refractivity contribution is 0.362. The van der Waals surface area contributed by atoms with E-state index in [2.05, 4.69) is 34.2 Å². The summed E-state index contributed by atoms with van der Waals surface area (Å²) in [7, 11) is 0. The lowest BCUT2D eigenvalue weighted by Crippen LogP contribution is -2.27. The minimum absolute atomic E-state index is 0.386. The van der Waals surface area contributed by atoms with E-state index >= 15 is 0 Å². The predicted octanol–water partition coefficient (Wildman–Crippen LogP) is 1.21. The largest absolute Gasteiger partial charge is 0.338 e. The Hall–Kier alpha value is -1.10. The van der Waals surface area contributed by atoms with Crippen LogP contribution in [-0.2, 0) is 6.42 Å². The van der Waals surface area contributed by atoms with Gasteiger partial charge >= 0.3 is 0 Å². The average Bonchev–Trinajstić information content (AvgIpc) is 2.86. The number of nitrogens with one attached hydrogen (secondary N) is 1. The highest BCUT2D eigenvalue weighted by molar-refractivity contribution is 5.28. The second-order valence-corrected chi connectivity index (χ2v) is 4.35. The Bertz CT molecular complexity index is 320. The van der Waals surface area contributed by atoms with Crippen LogP contribution in [0.25, 0.3) is 0 Å². The first-order valence-corrected chi connectivity index (χ1v) is 6.10. The summed E-state index contributed by atoms with van der Waals surface area (Å²) < 4.78 is 5.25. The summed E-state index contributed by atoms with van der Waals surface area (Å²) >= 11 is 0. The lowest BCUT2D eigenvalue weighted by atomic mass is 10.2. The second-order valence-electron chi connectivity index (χ2n) is 4.35. The fourth-order valence-corrected chi connectivity index (χ4v) is 2.06. The number of aromatic nitrogens is 2. The number of hydrogen-bond acceptors (Lipinski definition) is 5. The van der Waals surface area contributed by atoms with Gasteiger partial charge in [-0.3, -0.25) is 0 Å². The molecule has 1 unspecified atom stereocenters. The molecule has 1 atom stereocenters. The van der Waals surface area contributed by atoms with E-state index < -0.39 is 0 Å². The third-order valence-electron chi connectivity index (χ3n) is 2.88. The van der Waals surface area contributed by atoms with Gasteiger partial charge in [-0.05, 0) is 31.5 Å². The Morgan fingerprint density at radius 1 is 1.44 bits per heavy atom. The van der Waals surface area contributed by atoms with Gasteiger partial charge in [0.15, 0.2) is 0 Å². The normalized spacial score (nSPS) is 18.0. The zero-order chi connectivity index (χ0) is 11.4. The lowest BCUT2D eigenvalue weighted by Gasteiger charge is -2.10. The van der Waals surface area contributed by atoms with Crippen molar-refractivity contribution in [2.24, 2.45) is 0 Å². The molecule has 1 aliphatic heterocycles. The molecule has 1 aromatic rings. The third kappa shape index (κ3) is 2.72. The molecule has 1 aromatic heterocycles. The monoisotopic (exact) mass is 224 g/mol. The second kappa shape index (κ2) is 5.30. The Labute approximate surface area is 96.2 Å². The molecule has 1 fully saturated rings. The van der Waals surface area contributed by atoms with Crippen LogP contribution in [-0.4, -0.2) is 35.8 Å². The van der Waals surface area contributed by atoms with Gasteiger partial charge in [0.2, 0.25) is 5.89 Å². The van der Waals surface area contributed by atoms with Crippen molar-refractivity contribution in [3.8, 4) is 0 Å². The van der Waals surface area contributed by atoms with Gasteiger partial charge in [-0.15, -0.1) is 0 Å². The molecule has 1 aliphatic rings. The predicted molar refractivity (Wildman–Crippen MR) is 62.6 cm³/mol. The highest BCUT2D eigenvalue weighted by Crippen LogP contribution is 2.16. The Balaban J connectivity index is 1.91. The fourth-order valence-electron chi connectivity index (χ4n) is 2.06. The van der Waals surface area contributed by atoms with Gasteiger partial charge in [0, 0.05) is 25.6 Å². The summed E-state index contributed by atoms with van der Waals surface area (Å²) in [4.78, 5) is 6.61. The van der Waals surface area contributed by atoms with E-state index in [-0.39, 0.29) is 0 Å². The molecule has 90 valence electrons. The summed E-state index contributed by atoms with van der Waals surface area (Å²) in [5.74, 6) is 1.49. The van der Waals surface area contributed by atoms with E-state index in [4.69, 9.17) is 4.52 Å². The molecule has 1 saturated heterocycles. The van der Waals surface area contributed by atoms with Crippen molar-refractivity contribution < 1.29 is 4.52 Å². The van der Waals surface area contributed by atoms with Crippen molar-refractivity contribution >= 4 is 5.95 Å². The highest BCUT2D eigenvalue weighted by Gasteiger charge is 2.18. The Morgan fingerprint density at radius 2 is 2.19 bits per heavy atom. The molecule has 0 amide bonds. The van der Waals surface area contributed by atoms with Crippen LogP contribution < -0.4 is 10.2 Å². The van der Waals surface area contributed by atoms with E-state index in [1.807, 2.05) is 0 Å². The van der Waals surface area contributed by atoms with Gasteiger partial charge in [0.25, 0.3) is 5.95 Å². The SMILES string of the molecule is CCNC(C)Cc1nc(N2CCCC2)no1. The molecule has 2 heterocycles. The number of nitrogens with zero attached hydrogens (tertiary/aromatic N) is 3. The van der Waals surface area contributed by atoms with Gasteiger partial charge in [-0.2, -0.15) is 4.98 Å². The van der Waals surface area contributed by atoms with Gasteiger partial charge in [0.05, 0.1) is 0 Å². The first-order valence-electron chi connectivity index (χ1n) is 6.10. The van der Waals surface area contributed by atoms with E-state index in [0.29, 0.717) is 6.04 Å². The van der Waals surface area contributed by atoms with E-state index in [0.717, 1.165) is 37.9 Å². The van der Waals surface area contributed by atoms with Gasteiger partial charge in [0.1, 0.15) is 0 Å². The molecule has 5 heteroatoms. The Morgan fingerprint density at radius 3 is 2.88 bits per heavy atom. The third-order valence-corrected chi connectivity index (χ3v) is 2.88. The van der Waals surface area contributed by atoms with E-state index in [9.17, 15) is 0 Å². The first-order chi connectivity index (χ1) is 7.79. The van der Waals surface area contributed by atoms with Crippen LogP contribution in [0.15, 0.2) is 4.52 Å². The van der Waals surface area contributed by atoms with Crippen molar-refractivity contribution in [2.75, 3.05) is 24.5 Å². The van der Waals surface area contributed by atoms with Crippen molar-refractivity contribution in [2.45, 2.75) is 39.2 Å². The zero-order valence-electron chi connectivity index (χ0n) is 10.1. The van der Waals surface area contributed by atoms with Gasteiger partial charge in [-0.1, -0.05) is 6.92 Å². The van der Waals surface area contributed by atoms with Crippen LogP contribution in [0.4, 0.5) is 5.95 Å². The summed E-state index contributed by atoms with van der Waals surface area (Å²) in [6.07, 6.45) is 3.27. The maximum atomic E-state index is 5.25. The molecule has 16 heavy (non-hydrogen) atoms. The molecule has 0 bridgehead atoms. The van der Waals surface area contributed by atoms with Crippen molar-refractivity contribution in [1.29, 1.82) is 0 Å². The quantitative estimate of drug-likeness (QED) is 0.814. The minimum atomic E-state index is 0.386. The zero-order valence-corrected chi connectivity index (χ0v) is 10.1. The highest BCUT2D eigenvalue weighted by atomic mass is 16.5. The standard InChI is InChI=1S/C11H20N4O/c1-3-12-9(2)8-10-13-11(14-16-10)15-6-4-5-7-15/h9,12H,3-8H2,1-2H3. The molecule has 0 aliphatic carbocycles. The smallest absolute Gasteiger partial charge is 0.266 e. The van der Waals surface area contributed by atoms with Gasteiger partial charge in [-0.25, -0.2) is 0 Å². The number of hydrogen-bond donors (Lipinski definition) is 1. The number of likely N-dealkylation sites (N-methyl/N-ethyl adjacent to an activating group) is 1. The average molecular weight is 224 g/mol. The summed E-state index contributed by atoms with van der Waals surface area (Å²) in [6, 6.07) is 0.386. The van der Waals surface area contributed by atoms with Crippen molar-refractivity contribution in [1.82, 2.24) is 15.5 Å². The molecule has 1 N–H and O–H groups in total. The fraction of sp³-hybridized carbons (Fsp3) is 0.818. The first kappa shape index (κ1) is 11.4. The Kier molecular flexibility index (Phi) is 3.77. The van der Waals surface area contributed by atoms with Crippen LogP contribution in [0.2, 0.25) is 0 Å². The molecule has 0 spiro atoms. The molecular weight excluding hydrogens is 204 g/mol. The molecule has 5 nitrogen and oxygen atoms in total. The summed E-state index contributed by atoms with van der Waals surface area (Å²) in [5, 5.41) is 7.35. The molecular formula is C11H20N4O. The summed E-state index contributed by atoms with van der Waals surface area (Å²) in [6.45, 7) is 7.31. The van der Waals surface area contributed by atoms with E-state index in [1.54, 1.807) is 0 Å². The van der Waals surface area contributed by atoms with Crippen LogP contribution in [0.3, 0.4) is 0 Å². The maximum absolute atomic E-state index is 5.25. The van der Waals surface area contributed by atoms with Gasteiger partial charge < -0.3 is 14.7 Å². The molecule has 0 aromatic carbocycles. The van der Waals surface area contributed by atoms with Crippen LogP contribution in [0, 0.1) is 0 Å². The maximum Gasteiger partial charge on any atom is 0.266 e. The van der Waals surface area contributed by atoms with Crippen LogP contribution >= 0.6 is 0 Å². The van der Waals surface area contributed by atoms with Crippen LogP contribution in [0.1, 0.15) is 32.6 Å². The number of anilines is 1. The molecule has 2 rings (SSSR count). The van der Waals surface area contributed by atoms with E-state index in [1.165, 1.54) is 12.8 Å². The molecule has 0 radical (unpaired) electrons. The minimum Gasteiger partial charge on any atom is -0.338 e. The number of rotatable bonds is 5. The van der Waals surface area contributed by atoms with Crippen LogP contribution in [0.5, 0.6) is 0 Å². The van der Waals surface area contributed by atoms with Crippen molar-refractivity contribution in [3.63, 3.8) is 0 Å².